The Morgan fingerprint density at radius 1 is 0.800 bits per heavy atom. The minimum absolute atomic E-state index is 0.232. The molecule has 35 heavy (non-hydrogen) atoms. The molecule has 0 bridgehead atoms. The second-order valence-corrected chi connectivity index (χ2v) is 10.9. The number of rotatable bonds is 9. The summed E-state index contributed by atoms with van der Waals surface area (Å²) in [6, 6.07) is 26.3. The molecule has 4 rings (SSSR count). The summed E-state index contributed by atoms with van der Waals surface area (Å²) in [7, 11) is 2.25. The van der Waals surface area contributed by atoms with E-state index in [4.69, 9.17) is 4.74 Å². The van der Waals surface area contributed by atoms with E-state index in [-0.39, 0.29) is 5.41 Å². The number of fused-ring (bicyclic) bond motifs is 2. The molecule has 1 heterocycles. The van der Waals surface area contributed by atoms with Crippen LogP contribution in [0.5, 0.6) is 5.75 Å². The van der Waals surface area contributed by atoms with Crippen LogP contribution in [-0.2, 0) is 18.4 Å². The van der Waals surface area contributed by atoms with E-state index < -0.39 is 0 Å². The van der Waals surface area contributed by atoms with Crippen LogP contribution >= 0.6 is 0 Å². The van der Waals surface area contributed by atoms with Gasteiger partial charge in [0.2, 0.25) is 0 Å². The third-order valence-electron chi connectivity index (χ3n) is 7.05. The Labute approximate surface area is 212 Å². The van der Waals surface area contributed by atoms with E-state index in [1.54, 1.807) is 0 Å². The molecule has 0 atom stereocenters. The number of unbranched alkanes of at least 4 members (excludes halogenated alkanes) is 2. The highest BCUT2D eigenvalue weighted by Gasteiger charge is 2.18. The number of para-hydroxylation sites is 1. The molecule has 2 heteroatoms. The Hall–Kier alpha value is -2.84. The van der Waals surface area contributed by atoms with Crippen molar-refractivity contribution in [1.82, 2.24) is 4.90 Å². The fourth-order valence-corrected chi connectivity index (χ4v) is 4.84. The summed E-state index contributed by atoms with van der Waals surface area (Å²) in [6.45, 7) is 9.68. The molecule has 0 radical (unpaired) electrons. The fourth-order valence-electron chi connectivity index (χ4n) is 4.84. The SMILES string of the molecule is CN(CC/C=C1/c2ccccc2COc2ccccc21)CCCCCc1ccc(C(C)(C)C)cc1. The summed E-state index contributed by atoms with van der Waals surface area (Å²) >= 11 is 0. The van der Waals surface area contributed by atoms with Gasteiger partial charge in [0.1, 0.15) is 12.4 Å². The van der Waals surface area contributed by atoms with E-state index in [9.17, 15) is 0 Å². The van der Waals surface area contributed by atoms with Gasteiger partial charge in [-0.1, -0.05) is 100.0 Å². The van der Waals surface area contributed by atoms with Gasteiger partial charge in [-0.15, -0.1) is 0 Å². The van der Waals surface area contributed by atoms with Gasteiger partial charge in [0, 0.05) is 12.1 Å². The Bertz CT molecular complexity index is 1070. The van der Waals surface area contributed by atoms with Crippen LogP contribution in [0.4, 0.5) is 0 Å². The Kier molecular flexibility index (Phi) is 8.46. The summed E-state index contributed by atoms with van der Waals surface area (Å²) in [5.41, 5.74) is 8.19. The molecule has 1 aliphatic heterocycles. The molecule has 0 fully saturated rings. The normalized spacial score (nSPS) is 14.4. The fraction of sp³-hybridized carbons (Fsp3) is 0.394. The standard InChI is InChI=1S/C33H41NO/c1-33(2,3)28-21-19-26(20-22-28)13-6-5-11-23-34(4)24-12-17-30-29-15-8-7-14-27(29)25-35-32-18-10-9-16-31(30)32/h7-10,14-22H,5-6,11-13,23-25H2,1-4H3/b30-17-. The van der Waals surface area contributed by atoms with Crippen molar-refractivity contribution in [2.75, 3.05) is 20.1 Å². The van der Waals surface area contributed by atoms with Crippen LogP contribution in [0.3, 0.4) is 0 Å². The summed E-state index contributed by atoms with van der Waals surface area (Å²) in [4.78, 5) is 2.47. The summed E-state index contributed by atoms with van der Waals surface area (Å²) < 4.78 is 6.11. The first kappa shape index (κ1) is 25.3. The summed E-state index contributed by atoms with van der Waals surface area (Å²) in [5.74, 6) is 0.983. The number of nitrogens with zero attached hydrogens (tertiary/aromatic N) is 1. The van der Waals surface area contributed by atoms with Crippen molar-refractivity contribution in [3.05, 3.63) is 107 Å². The largest absolute Gasteiger partial charge is 0.488 e. The van der Waals surface area contributed by atoms with Crippen LogP contribution in [-0.4, -0.2) is 25.0 Å². The van der Waals surface area contributed by atoms with Crippen LogP contribution < -0.4 is 4.74 Å². The highest BCUT2D eigenvalue weighted by molar-refractivity contribution is 5.84. The van der Waals surface area contributed by atoms with Gasteiger partial charge in [0.25, 0.3) is 0 Å². The van der Waals surface area contributed by atoms with E-state index in [2.05, 4.69) is 112 Å². The van der Waals surface area contributed by atoms with Gasteiger partial charge < -0.3 is 9.64 Å². The zero-order chi connectivity index (χ0) is 24.7. The quantitative estimate of drug-likeness (QED) is 0.295. The van der Waals surface area contributed by atoms with E-state index in [1.165, 1.54) is 59.1 Å². The summed E-state index contributed by atoms with van der Waals surface area (Å²) in [6.07, 6.45) is 8.43. The maximum atomic E-state index is 6.11. The predicted molar refractivity (Wildman–Crippen MR) is 149 cm³/mol. The minimum Gasteiger partial charge on any atom is -0.488 e. The van der Waals surface area contributed by atoms with E-state index in [0.29, 0.717) is 6.61 Å². The molecule has 2 nitrogen and oxygen atoms in total. The third-order valence-corrected chi connectivity index (χ3v) is 7.05. The van der Waals surface area contributed by atoms with Crippen molar-refractivity contribution in [2.45, 2.75) is 64.9 Å². The zero-order valence-corrected chi connectivity index (χ0v) is 22.0. The lowest BCUT2D eigenvalue weighted by Gasteiger charge is -2.19. The van der Waals surface area contributed by atoms with Crippen molar-refractivity contribution >= 4 is 5.57 Å². The molecule has 3 aromatic carbocycles. The zero-order valence-electron chi connectivity index (χ0n) is 22.0. The first-order valence-corrected chi connectivity index (χ1v) is 13.2. The smallest absolute Gasteiger partial charge is 0.127 e. The number of aryl methyl sites for hydroxylation is 1. The molecule has 0 N–H and O–H groups in total. The minimum atomic E-state index is 0.232. The summed E-state index contributed by atoms with van der Waals surface area (Å²) in [5, 5.41) is 0. The van der Waals surface area contributed by atoms with Crippen LogP contribution in [0.25, 0.3) is 5.57 Å². The first-order valence-electron chi connectivity index (χ1n) is 13.2. The van der Waals surface area contributed by atoms with Crippen LogP contribution in [0, 0.1) is 0 Å². The predicted octanol–water partition coefficient (Wildman–Crippen LogP) is 8.04. The lowest BCUT2D eigenvalue weighted by Crippen LogP contribution is -2.20. The van der Waals surface area contributed by atoms with Crippen molar-refractivity contribution in [2.24, 2.45) is 0 Å². The van der Waals surface area contributed by atoms with Crippen molar-refractivity contribution in [3.8, 4) is 5.75 Å². The molecule has 184 valence electrons. The molecular weight excluding hydrogens is 426 g/mol. The average molecular weight is 468 g/mol. The third kappa shape index (κ3) is 6.86. The maximum Gasteiger partial charge on any atom is 0.127 e. The van der Waals surface area contributed by atoms with Crippen LogP contribution in [0.2, 0.25) is 0 Å². The number of ether oxygens (including phenoxy) is 1. The van der Waals surface area contributed by atoms with Crippen molar-refractivity contribution < 1.29 is 4.74 Å². The average Bonchev–Trinajstić information content (AvgIpc) is 3.01. The highest BCUT2D eigenvalue weighted by Crippen LogP contribution is 2.36. The van der Waals surface area contributed by atoms with Crippen LogP contribution in [0.1, 0.15) is 74.3 Å². The van der Waals surface area contributed by atoms with Crippen LogP contribution in [0.15, 0.2) is 78.9 Å². The van der Waals surface area contributed by atoms with Gasteiger partial charge in [-0.3, -0.25) is 0 Å². The van der Waals surface area contributed by atoms with Gasteiger partial charge in [0.05, 0.1) is 0 Å². The monoisotopic (exact) mass is 467 g/mol. The number of hydrogen-bond acceptors (Lipinski definition) is 2. The molecule has 0 saturated carbocycles. The molecule has 0 spiro atoms. The maximum absolute atomic E-state index is 6.11. The Morgan fingerprint density at radius 2 is 1.51 bits per heavy atom. The second-order valence-electron chi connectivity index (χ2n) is 10.9. The lowest BCUT2D eigenvalue weighted by atomic mass is 9.86. The van der Waals surface area contributed by atoms with Gasteiger partial charge in [-0.2, -0.15) is 0 Å². The molecule has 0 aliphatic carbocycles. The van der Waals surface area contributed by atoms with Gasteiger partial charge in [-0.25, -0.2) is 0 Å². The Morgan fingerprint density at radius 3 is 2.29 bits per heavy atom. The Balaban J connectivity index is 1.24. The second kappa shape index (κ2) is 11.7. The van der Waals surface area contributed by atoms with Gasteiger partial charge >= 0.3 is 0 Å². The topological polar surface area (TPSA) is 12.5 Å². The molecule has 0 aromatic heterocycles. The van der Waals surface area contributed by atoms with Crippen molar-refractivity contribution in [1.29, 1.82) is 0 Å². The number of hydrogen-bond donors (Lipinski definition) is 0. The first-order chi connectivity index (χ1) is 16.9. The molecule has 0 unspecified atom stereocenters. The molecule has 1 aliphatic rings. The molecule has 0 amide bonds. The molecule has 3 aromatic rings. The van der Waals surface area contributed by atoms with Gasteiger partial charge in [0.15, 0.2) is 0 Å². The van der Waals surface area contributed by atoms with Crippen molar-refractivity contribution in [3.63, 3.8) is 0 Å². The van der Waals surface area contributed by atoms with E-state index in [1.807, 2.05) is 0 Å². The van der Waals surface area contributed by atoms with E-state index in [0.717, 1.165) is 25.3 Å². The molecular formula is C33H41NO. The lowest BCUT2D eigenvalue weighted by molar-refractivity contribution is 0.307. The number of benzene rings is 3. The molecule has 0 saturated heterocycles. The van der Waals surface area contributed by atoms with Gasteiger partial charge in [-0.05, 0) is 78.6 Å². The van der Waals surface area contributed by atoms with E-state index >= 15 is 0 Å². The highest BCUT2D eigenvalue weighted by atomic mass is 16.5.